The molecule has 18 heavy (non-hydrogen) atoms. The number of rotatable bonds is 1. The molecule has 1 aromatic rings. The van der Waals surface area contributed by atoms with E-state index in [1.807, 2.05) is 11.9 Å². The zero-order chi connectivity index (χ0) is 12.1. The molecule has 1 aliphatic heterocycles. The molecule has 0 aromatic heterocycles. The first-order chi connectivity index (χ1) is 8.25. The lowest BCUT2D eigenvalue weighted by Gasteiger charge is -2.13. The minimum Gasteiger partial charge on any atom is -0.345 e. The molecule has 1 heterocycles. The molecule has 96 valence electrons. The summed E-state index contributed by atoms with van der Waals surface area (Å²) in [7, 11) is 1.98. The summed E-state index contributed by atoms with van der Waals surface area (Å²) in [6, 6.07) is 6.27. The van der Waals surface area contributed by atoms with Crippen molar-refractivity contribution in [1.29, 1.82) is 0 Å². The number of nitrogens with one attached hydrogen (secondary N) is 1. The first-order valence-electron chi connectivity index (χ1n) is 5.49. The van der Waals surface area contributed by atoms with E-state index in [0.717, 1.165) is 19.0 Å². The third-order valence-electron chi connectivity index (χ3n) is 2.45. The van der Waals surface area contributed by atoms with Crippen molar-refractivity contribution < 1.29 is 4.39 Å². The third-order valence-corrected chi connectivity index (χ3v) is 2.45. The summed E-state index contributed by atoms with van der Waals surface area (Å²) in [5.41, 5.74) is 0.688. The van der Waals surface area contributed by atoms with Gasteiger partial charge in [0.15, 0.2) is 5.96 Å². The van der Waals surface area contributed by atoms with E-state index in [1.165, 1.54) is 12.1 Å². The van der Waals surface area contributed by atoms with Crippen LogP contribution in [-0.4, -0.2) is 37.5 Å². The van der Waals surface area contributed by atoms with Gasteiger partial charge in [-0.15, -0.1) is 24.0 Å². The smallest absolute Gasteiger partial charge is 0.194 e. The van der Waals surface area contributed by atoms with E-state index in [2.05, 4.69) is 22.2 Å². The fourth-order valence-electron chi connectivity index (χ4n) is 1.56. The summed E-state index contributed by atoms with van der Waals surface area (Å²) in [6.45, 7) is 2.29. The Morgan fingerprint density at radius 1 is 1.50 bits per heavy atom. The molecule has 2 rings (SSSR count). The van der Waals surface area contributed by atoms with Crippen molar-refractivity contribution in [3.8, 4) is 11.8 Å². The normalized spacial score (nSPS) is 13.2. The molecule has 0 saturated carbocycles. The molecule has 0 atom stereocenters. The number of benzene rings is 1. The van der Waals surface area contributed by atoms with E-state index in [0.29, 0.717) is 12.1 Å². The van der Waals surface area contributed by atoms with E-state index >= 15 is 0 Å². The predicted molar refractivity (Wildman–Crippen MR) is 81.6 cm³/mol. The predicted octanol–water partition coefficient (Wildman–Crippen LogP) is 1.69. The van der Waals surface area contributed by atoms with Gasteiger partial charge in [0.05, 0.1) is 13.1 Å². The number of nitrogens with zero attached hydrogens (tertiary/aromatic N) is 2. The van der Waals surface area contributed by atoms with Crippen LogP contribution in [0.2, 0.25) is 0 Å². The Balaban J connectivity index is 0.00000162. The maximum absolute atomic E-state index is 12.9. The van der Waals surface area contributed by atoms with Gasteiger partial charge in [-0.3, -0.25) is 4.99 Å². The summed E-state index contributed by atoms with van der Waals surface area (Å²) in [4.78, 5) is 6.32. The molecule has 0 spiro atoms. The van der Waals surface area contributed by atoms with Gasteiger partial charge >= 0.3 is 0 Å². The molecule has 0 saturated heterocycles. The molecular weight excluding hydrogens is 344 g/mol. The van der Waals surface area contributed by atoms with E-state index in [9.17, 15) is 4.39 Å². The Kier molecular flexibility index (Phi) is 5.92. The van der Waals surface area contributed by atoms with Crippen molar-refractivity contribution >= 4 is 29.9 Å². The van der Waals surface area contributed by atoms with Gasteiger partial charge in [-0.2, -0.15) is 0 Å². The van der Waals surface area contributed by atoms with Crippen LogP contribution in [0.15, 0.2) is 29.3 Å². The van der Waals surface area contributed by atoms with Crippen LogP contribution >= 0.6 is 24.0 Å². The molecule has 1 aromatic carbocycles. The highest BCUT2D eigenvalue weighted by molar-refractivity contribution is 14.0. The molecule has 0 unspecified atom stereocenters. The number of likely N-dealkylation sites (N-methyl/N-ethyl adjacent to an activating group) is 1. The van der Waals surface area contributed by atoms with Crippen LogP contribution in [0.5, 0.6) is 0 Å². The number of hydrogen-bond acceptors (Lipinski definition) is 3. The SMILES string of the molecule is CN1CCN=C1NCC#Cc1cccc(F)c1.I. The molecule has 5 heteroatoms. The van der Waals surface area contributed by atoms with Crippen LogP contribution in [0.3, 0.4) is 0 Å². The van der Waals surface area contributed by atoms with Crippen molar-refractivity contribution in [3.05, 3.63) is 35.6 Å². The van der Waals surface area contributed by atoms with E-state index in [-0.39, 0.29) is 29.8 Å². The van der Waals surface area contributed by atoms with E-state index in [1.54, 1.807) is 12.1 Å². The summed E-state index contributed by atoms with van der Waals surface area (Å²) >= 11 is 0. The molecule has 1 N–H and O–H groups in total. The average molecular weight is 359 g/mol. The number of aliphatic imine (C=N–C) groups is 1. The molecule has 0 fully saturated rings. The highest BCUT2D eigenvalue weighted by Crippen LogP contribution is 2.00. The van der Waals surface area contributed by atoms with E-state index < -0.39 is 0 Å². The van der Waals surface area contributed by atoms with Crippen molar-refractivity contribution in [1.82, 2.24) is 10.2 Å². The quantitative estimate of drug-likeness (QED) is 0.611. The highest BCUT2D eigenvalue weighted by atomic mass is 127. The van der Waals surface area contributed by atoms with Crippen LogP contribution in [0.25, 0.3) is 0 Å². The number of guanidine groups is 1. The molecule has 0 amide bonds. The molecule has 0 bridgehead atoms. The second-order valence-electron chi connectivity index (χ2n) is 3.79. The van der Waals surface area contributed by atoms with Crippen LogP contribution in [-0.2, 0) is 0 Å². The maximum atomic E-state index is 12.9. The topological polar surface area (TPSA) is 27.6 Å². The monoisotopic (exact) mass is 359 g/mol. The Labute approximate surface area is 123 Å². The zero-order valence-electron chi connectivity index (χ0n) is 10.1. The Hall–Kier alpha value is -1.29. The first kappa shape index (κ1) is 14.8. The maximum Gasteiger partial charge on any atom is 0.194 e. The second kappa shape index (κ2) is 7.21. The lowest BCUT2D eigenvalue weighted by Crippen LogP contribution is -2.35. The average Bonchev–Trinajstić information content (AvgIpc) is 2.71. The largest absolute Gasteiger partial charge is 0.345 e. The third kappa shape index (κ3) is 4.18. The highest BCUT2D eigenvalue weighted by Gasteiger charge is 2.09. The van der Waals surface area contributed by atoms with Gasteiger partial charge in [-0.25, -0.2) is 4.39 Å². The number of halogens is 2. The summed E-state index contributed by atoms with van der Waals surface area (Å²) in [5.74, 6) is 6.45. The van der Waals surface area contributed by atoms with Gasteiger partial charge in [0, 0.05) is 19.2 Å². The molecule has 1 aliphatic rings. The fraction of sp³-hybridized carbons (Fsp3) is 0.308. The second-order valence-corrected chi connectivity index (χ2v) is 3.79. The van der Waals surface area contributed by atoms with Crippen molar-refractivity contribution in [2.24, 2.45) is 4.99 Å². The minimum absolute atomic E-state index is 0. The Morgan fingerprint density at radius 2 is 2.33 bits per heavy atom. The van der Waals surface area contributed by atoms with E-state index in [4.69, 9.17) is 0 Å². The Bertz CT molecular complexity index is 490. The molecule has 3 nitrogen and oxygen atoms in total. The van der Waals surface area contributed by atoms with Gasteiger partial charge in [-0.1, -0.05) is 17.9 Å². The van der Waals surface area contributed by atoms with Gasteiger partial charge < -0.3 is 10.2 Å². The lowest BCUT2D eigenvalue weighted by molar-refractivity contribution is 0.538. The standard InChI is InChI=1S/C13H14FN3.HI/c1-17-9-8-16-13(17)15-7-3-5-11-4-2-6-12(14)10-11;/h2,4,6,10H,7-9H2,1H3,(H,15,16);1H. The van der Waals surface area contributed by atoms with Crippen molar-refractivity contribution in [2.45, 2.75) is 0 Å². The van der Waals surface area contributed by atoms with Crippen molar-refractivity contribution in [3.63, 3.8) is 0 Å². The zero-order valence-corrected chi connectivity index (χ0v) is 12.4. The molecule has 0 radical (unpaired) electrons. The Morgan fingerprint density at radius 3 is 3.00 bits per heavy atom. The molecule has 0 aliphatic carbocycles. The van der Waals surface area contributed by atoms with Gasteiger partial charge in [0.25, 0.3) is 0 Å². The van der Waals surface area contributed by atoms with Gasteiger partial charge in [0.2, 0.25) is 0 Å². The summed E-state index contributed by atoms with van der Waals surface area (Å²) in [6.07, 6.45) is 0. The van der Waals surface area contributed by atoms with Crippen molar-refractivity contribution in [2.75, 3.05) is 26.7 Å². The van der Waals surface area contributed by atoms with Crippen LogP contribution in [0.1, 0.15) is 5.56 Å². The van der Waals surface area contributed by atoms with Gasteiger partial charge in [0.1, 0.15) is 5.82 Å². The minimum atomic E-state index is -0.260. The van der Waals surface area contributed by atoms with Crippen LogP contribution < -0.4 is 5.32 Å². The van der Waals surface area contributed by atoms with Crippen LogP contribution in [0.4, 0.5) is 4.39 Å². The number of hydrogen-bond donors (Lipinski definition) is 1. The summed E-state index contributed by atoms with van der Waals surface area (Å²) < 4.78 is 12.9. The van der Waals surface area contributed by atoms with Crippen LogP contribution in [0, 0.1) is 17.7 Å². The van der Waals surface area contributed by atoms with Gasteiger partial charge in [-0.05, 0) is 18.2 Å². The summed E-state index contributed by atoms with van der Waals surface area (Å²) in [5, 5.41) is 3.12. The lowest BCUT2D eigenvalue weighted by atomic mass is 10.2. The fourth-order valence-corrected chi connectivity index (χ4v) is 1.56. The molecular formula is C13H15FIN3. The first-order valence-corrected chi connectivity index (χ1v) is 5.49.